The van der Waals surface area contributed by atoms with E-state index in [1.165, 1.54) is 4.90 Å². The van der Waals surface area contributed by atoms with Crippen LogP contribution in [0.5, 0.6) is 5.75 Å². The molecule has 0 unspecified atom stereocenters. The van der Waals surface area contributed by atoms with Gasteiger partial charge in [0.1, 0.15) is 5.75 Å². The third-order valence-electron chi connectivity index (χ3n) is 4.93. The summed E-state index contributed by atoms with van der Waals surface area (Å²) < 4.78 is 8.76. The predicted molar refractivity (Wildman–Crippen MR) is 124 cm³/mol. The maximum atomic E-state index is 13.4. The van der Waals surface area contributed by atoms with Gasteiger partial charge in [-0.1, -0.05) is 43.1 Å². The van der Waals surface area contributed by atoms with Crippen molar-refractivity contribution >= 4 is 32.8 Å². The molecule has 1 amide bonds. The normalized spacial score (nSPS) is 11.9. The minimum atomic E-state index is -1.03. The Hall–Kier alpha value is -2.02. The van der Waals surface area contributed by atoms with Crippen molar-refractivity contribution in [2.75, 3.05) is 6.61 Å². The highest BCUT2D eigenvalue weighted by Crippen LogP contribution is 2.33. The monoisotopic (exact) mass is 480 g/mol. The zero-order chi connectivity index (χ0) is 22.6. The molecule has 0 aliphatic rings. The molecule has 7 heteroatoms. The van der Waals surface area contributed by atoms with Crippen LogP contribution in [0.15, 0.2) is 27.5 Å². The molecular formula is C23H33BrN2O4. The Balaban J connectivity index is 2.83. The zero-order valence-corrected chi connectivity index (χ0v) is 20.4. The number of ether oxygens (including phenoxy) is 1. The lowest BCUT2D eigenvalue weighted by Crippen LogP contribution is -2.45. The summed E-state index contributed by atoms with van der Waals surface area (Å²) in [6, 6.07) is 5.52. The Morgan fingerprint density at radius 1 is 1.27 bits per heavy atom. The molecular weight excluding hydrogens is 448 g/mol. The Morgan fingerprint density at radius 2 is 1.93 bits per heavy atom. The number of benzene rings is 1. The molecule has 1 aromatic heterocycles. The lowest BCUT2D eigenvalue weighted by atomic mass is 10.0. The summed E-state index contributed by atoms with van der Waals surface area (Å²) >= 11 is 3.49. The van der Waals surface area contributed by atoms with Crippen LogP contribution in [0.1, 0.15) is 60.1 Å². The van der Waals surface area contributed by atoms with Crippen LogP contribution in [0, 0.1) is 5.92 Å². The van der Waals surface area contributed by atoms with Gasteiger partial charge < -0.3 is 14.4 Å². The number of pyridine rings is 1. The molecule has 0 saturated heterocycles. The van der Waals surface area contributed by atoms with Crippen LogP contribution in [0.3, 0.4) is 0 Å². The summed E-state index contributed by atoms with van der Waals surface area (Å²) in [6.07, 6.45) is 0.825. The van der Waals surface area contributed by atoms with Crippen LogP contribution >= 0.6 is 15.9 Å². The Labute approximate surface area is 187 Å². The first-order valence-corrected chi connectivity index (χ1v) is 11.2. The van der Waals surface area contributed by atoms with Crippen LogP contribution in [0.2, 0.25) is 0 Å². The third-order valence-corrected chi connectivity index (χ3v) is 5.42. The van der Waals surface area contributed by atoms with Crippen molar-refractivity contribution in [1.29, 1.82) is 0 Å². The van der Waals surface area contributed by atoms with Gasteiger partial charge >= 0.3 is 6.09 Å². The minimum Gasteiger partial charge on any atom is -0.491 e. The van der Waals surface area contributed by atoms with Crippen LogP contribution < -0.4 is 10.3 Å². The van der Waals surface area contributed by atoms with Gasteiger partial charge in [0.15, 0.2) is 0 Å². The van der Waals surface area contributed by atoms with Gasteiger partial charge in [-0.05, 0) is 51.3 Å². The van der Waals surface area contributed by atoms with E-state index in [1.807, 2.05) is 46.8 Å². The molecule has 0 aliphatic carbocycles. The molecule has 6 nitrogen and oxygen atoms in total. The lowest BCUT2D eigenvalue weighted by Gasteiger charge is -2.34. The highest BCUT2D eigenvalue weighted by atomic mass is 79.9. The maximum Gasteiger partial charge on any atom is 0.408 e. The quantitative estimate of drug-likeness (QED) is 0.478. The number of unbranched alkanes of at least 4 members (excludes halogenated alkanes) is 1. The predicted octanol–water partition coefficient (Wildman–Crippen LogP) is 5.88. The number of fused-ring (bicyclic) bond motifs is 1. The Bertz CT molecular complexity index is 960. The zero-order valence-electron chi connectivity index (χ0n) is 18.8. The molecule has 1 N–H and O–H groups in total. The molecule has 0 aliphatic heterocycles. The lowest BCUT2D eigenvalue weighted by molar-refractivity contribution is 0.0927. The van der Waals surface area contributed by atoms with Crippen LogP contribution in [0.25, 0.3) is 10.8 Å². The molecule has 0 saturated carbocycles. The topological polar surface area (TPSA) is 71.8 Å². The van der Waals surface area contributed by atoms with Crippen LogP contribution in [-0.4, -0.2) is 32.8 Å². The van der Waals surface area contributed by atoms with E-state index in [0.717, 1.165) is 17.3 Å². The number of nitrogens with zero attached hydrogens (tertiary/aromatic N) is 2. The van der Waals surface area contributed by atoms with Gasteiger partial charge in [0.2, 0.25) is 0 Å². The van der Waals surface area contributed by atoms with E-state index < -0.39 is 11.6 Å². The van der Waals surface area contributed by atoms with E-state index in [-0.39, 0.29) is 18.0 Å². The van der Waals surface area contributed by atoms with Crippen LogP contribution in [-0.2, 0) is 13.1 Å². The van der Waals surface area contributed by atoms with Gasteiger partial charge in [0, 0.05) is 21.9 Å². The molecule has 2 rings (SSSR count). The largest absolute Gasteiger partial charge is 0.491 e. The van der Waals surface area contributed by atoms with Crippen molar-refractivity contribution in [2.45, 2.75) is 73.0 Å². The van der Waals surface area contributed by atoms with Crippen molar-refractivity contribution in [3.05, 3.63) is 38.7 Å². The van der Waals surface area contributed by atoms with Gasteiger partial charge in [-0.25, -0.2) is 4.79 Å². The number of amides is 1. The highest BCUT2D eigenvalue weighted by molar-refractivity contribution is 9.10. The maximum absolute atomic E-state index is 13.4. The van der Waals surface area contributed by atoms with E-state index in [2.05, 4.69) is 22.9 Å². The second-order valence-corrected chi connectivity index (χ2v) is 9.93. The SMILES string of the molecule is CCCCOc1c(CN(C(=O)O)C(C)(C)C)n(CC(C)C)c(=O)c2ccc(Br)cc12. The summed E-state index contributed by atoms with van der Waals surface area (Å²) in [4.78, 5) is 26.8. The van der Waals surface area contributed by atoms with E-state index >= 15 is 0 Å². The Morgan fingerprint density at radius 3 is 2.47 bits per heavy atom. The summed E-state index contributed by atoms with van der Waals surface area (Å²) in [5, 5.41) is 11.1. The number of carbonyl (C=O) groups is 1. The molecule has 2 aromatic rings. The van der Waals surface area contributed by atoms with E-state index in [1.54, 1.807) is 10.6 Å². The Kier molecular flexibility index (Phi) is 7.97. The van der Waals surface area contributed by atoms with Crippen molar-refractivity contribution < 1.29 is 14.6 Å². The number of halogens is 1. The molecule has 1 aromatic carbocycles. The fourth-order valence-corrected chi connectivity index (χ4v) is 3.73. The van der Waals surface area contributed by atoms with E-state index in [4.69, 9.17) is 4.74 Å². The second kappa shape index (κ2) is 9.86. The first-order valence-electron chi connectivity index (χ1n) is 10.5. The number of hydrogen-bond donors (Lipinski definition) is 1. The standard InChI is InChI=1S/C23H33BrN2O4/c1-7-8-11-30-20-18-12-16(24)9-10-17(18)21(27)25(13-15(2)3)19(20)14-26(22(28)29)23(4,5)6/h9-10,12,15H,7-8,11,13-14H2,1-6H3,(H,28,29). The molecule has 166 valence electrons. The van der Waals surface area contributed by atoms with Gasteiger partial charge in [-0.15, -0.1) is 0 Å². The fraction of sp³-hybridized carbons (Fsp3) is 0.565. The molecule has 30 heavy (non-hydrogen) atoms. The summed E-state index contributed by atoms with van der Waals surface area (Å²) in [5.41, 5.74) is -0.145. The smallest absolute Gasteiger partial charge is 0.408 e. The van der Waals surface area contributed by atoms with E-state index in [9.17, 15) is 14.7 Å². The van der Waals surface area contributed by atoms with Crippen molar-refractivity contribution in [3.8, 4) is 5.75 Å². The second-order valence-electron chi connectivity index (χ2n) is 9.02. The number of hydrogen-bond acceptors (Lipinski definition) is 3. The average Bonchev–Trinajstić information content (AvgIpc) is 2.62. The number of rotatable bonds is 8. The van der Waals surface area contributed by atoms with Crippen molar-refractivity contribution in [2.24, 2.45) is 5.92 Å². The summed E-state index contributed by atoms with van der Waals surface area (Å²) in [7, 11) is 0. The van der Waals surface area contributed by atoms with E-state index in [0.29, 0.717) is 35.4 Å². The third kappa shape index (κ3) is 5.56. The first-order chi connectivity index (χ1) is 14.0. The summed E-state index contributed by atoms with van der Waals surface area (Å²) in [5.74, 6) is 0.807. The molecule has 0 radical (unpaired) electrons. The minimum absolute atomic E-state index is 0.0741. The van der Waals surface area contributed by atoms with Crippen molar-refractivity contribution in [3.63, 3.8) is 0 Å². The van der Waals surface area contributed by atoms with Gasteiger partial charge in [-0.3, -0.25) is 9.69 Å². The van der Waals surface area contributed by atoms with Gasteiger partial charge in [0.05, 0.1) is 24.2 Å². The highest BCUT2D eigenvalue weighted by Gasteiger charge is 2.30. The molecule has 0 fully saturated rings. The summed E-state index contributed by atoms with van der Waals surface area (Å²) in [6.45, 7) is 12.8. The molecule has 0 atom stereocenters. The number of carboxylic acid groups (broad SMARTS) is 1. The first kappa shape index (κ1) is 24.3. The van der Waals surface area contributed by atoms with Gasteiger partial charge in [-0.2, -0.15) is 0 Å². The molecule has 0 spiro atoms. The average molecular weight is 481 g/mol. The fourth-order valence-electron chi connectivity index (χ4n) is 3.37. The van der Waals surface area contributed by atoms with Gasteiger partial charge in [0.25, 0.3) is 5.56 Å². The molecule has 1 heterocycles. The molecule has 0 bridgehead atoms. The number of aromatic nitrogens is 1. The van der Waals surface area contributed by atoms with Crippen molar-refractivity contribution in [1.82, 2.24) is 9.47 Å². The van der Waals surface area contributed by atoms with Crippen LogP contribution in [0.4, 0.5) is 4.79 Å².